The minimum Gasteiger partial charge on any atom is -0.453 e. The maximum absolute atomic E-state index is 2.49. The van der Waals surface area contributed by atoms with Crippen molar-refractivity contribution in [2.24, 2.45) is 0 Å². The third kappa shape index (κ3) is 2.36. The molecular formula is C6H12ClN2Na. The van der Waals surface area contributed by atoms with Crippen molar-refractivity contribution in [3.63, 3.8) is 0 Å². The minimum atomic E-state index is 0. The van der Waals surface area contributed by atoms with Crippen molar-refractivity contribution in [3.05, 3.63) is 6.54 Å². The van der Waals surface area contributed by atoms with Gasteiger partial charge in [-0.2, -0.15) is 0 Å². The molecule has 3 aliphatic rings. The Hall–Kier alpha value is 1.21. The summed E-state index contributed by atoms with van der Waals surface area (Å²) in [6.45, 7) is 8.60. The molecule has 0 N–H and O–H groups in total. The summed E-state index contributed by atoms with van der Waals surface area (Å²) in [5.74, 6) is 0. The quantitative estimate of drug-likeness (QED) is 0.287. The summed E-state index contributed by atoms with van der Waals surface area (Å²) in [4.78, 5) is 4.90. The van der Waals surface area contributed by atoms with Gasteiger partial charge in [-0.15, -0.1) is 19.0 Å². The molecule has 0 spiro atoms. The number of rotatable bonds is 0. The molecule has 2 nitrogen and oxygen atoms in total. The first-order chi connectivity index (χ1) is 3.95. The predicted octanol–water partition coefficient (Wildman–Crippen LogP) is -2.79. The fourth-order valence-corrected chi connectivity index (χ4v) is 1.36. The van der Waals surface area contributed by atoms with Crippen LogP contribution in [0, 0.1) is 6.54 Å². The Labute approximate surface area is 90.6 Å². The molecule has 3 saturated heterocycles. The van der Waals surface area contributed by atoms with E-state index < -0.39 is 0 Å². The minimum absolute atomic E-state index is 0. The smallest absolute Gasteiger partial charge is 0.453 e. The average Bonchev–Trinajstić information content (AvgIpc) is 1.92. The third-order valence-electron chi connectivity index (χ3n) is 2.00. The van der Waals surface area contributed by atoms with Crippen molar-refractivity contribution in [1.29, 1.82) is 0 Å². The second-order valence-electron chi connectivity index (χ2n) is 2.52. The van der Waals surface area contributed by atoms with Gasteiger partial charge in [-0.1, -0.05) is 0 Å². The summed E-state index contributed by atoms with van der Waals surface area (Å²) in [6, 6.07) is 0. The van der Waals surface area contributed by atoms with Gasteiger partial charge in [-0.3, -0.25) is 6.54 Å². The van der Waals surface area contributed by atoms with E-state index in [0.717, 1.165) is 0 Å². The normalized spacial score (nSPS) is 36.0. The van der Waals surface area contributed by atoms with Crippen molar-refractivity contribution >= 4 is 12.4 Å². The third-order valence-corrected chi connectivity index (χ3v) is 2.00. The van der Waals surface area contributed by atoms with Crippen LogP contribution in [0.25, 0.3) is 0 Å². The molecule has 0 aromatic rings. The van der Waals surface area contributed by atoms with Gasteiger partial charge in [0.2, 0.25) is 0 Å². The van der Waals surface area contributed by atoms with Crippen LogP contribution < -0.4 is 29.6 Å². The fourth-order valence-electron chi connectivity index (χ4n) is 1.36. The number of nitrogens with zero attached hydrogens (tertiary/aromatic N) is 2. The molecule has 0 unspecified atom stereocenters. The monoisotopic (exact) mass is 170 g/mol. The SMILES string of the molecule is Cl.[CH-]1CN2CCN1CC2.[Na+]. The van der Waals surface area contributed by atoms with Crippen molar-refractivity contribution < 1.29 is 29.6 Å². The van der Waals surface area contributed by atoms with Crippen LogP contribution >= 0.6 is 12.4 Å². The van der Waals surface area contributed by atoms with E-state index in [-0.39, 0.29) is 42.0 Å². The van der Waals surface area contributed by atoms with E-state index in [1.54, 1.807) is 0 Å². The molecule has 3 heterocycles. The van der Waals surface area contributed by atoms with Crippen molar-refractivity contribution in [3.8, 4) is 0 Å². The molecule has 0 amide bonds. The molecule has 3 fully saturated rings. The van der Waals surface area contributed by atoms with Crippen LogP contribution in [0.4, 0.5) is 0 Å². The van der Waals surface area contributed by atoms with Gasteiger partial charge in [0.1, 0.15) is 0 Å². The topological polar surface area (TPSA) is 6.48 Å². The van der Waals surface area contributed by atoms with E-state index >= 15 is 0 Å². The first-order valence-electron chi connectivity index (χ1n) is 3.25. The molecule has 10 heavy (non-hydrogen) atoms. The molecule has 0 aromatic heterocycles. The maximum Gasteiger partial charge on any atom is 1.00 e. The Morgan fingerprint density at radius 3 is 1.70 bits per heavy atom. The van der Waals surface area contributed by atoms with Crippen molar-refractivity contribution in [2.75, 3.05) is 32.7 Å². The van der Waals surface area contributed by atoms with E-state index in [9.17, 15) is 0 Å². The summed E-state index contributed by atoms with van der Waals surface area (Å²) in [5, 5.41) is 0. The van der Waals surface area contributed by atoms with Gasteiger partial charge in [0, 0.05) is 13.1 Å². The Morgan fingerprint density at radius 2 is 1.60 bits per heavy atom. The summed E-state index contributed by atoms with van der Waals surface area (Å²) < 4.78 is 0. The van der Waals surface area contributed by atoms with E-state index in [1.807, 2.05) is 0 Å². The van der Waals surface area contributed by atoms with Crippen LogP contribution in [0.2, 0.25) is 0 Å². The molecular weight excluding hydrogens is 159 g/mol. The second-order valence-corrected chi connectivity index (χ2v) is 2.52. The maximum atomic E-state index is 2.49. The van der Waals surface area contributed by atoms with Crippen LogP contribution in [0.15, 0.2) is 0 Å². The van der Waals surface area contributed by atoms with Crippen molar-refractivity contribution in [1.82, 2.24) is 9.80 Å². The molecule has 0 saturated carbocycles. The Bertz CT molecular complexity index is 70.7. The molecule has 3 rings (SSSR count). The second kappa shape index (κ2) is 4.96. The number of hydrogen-bond donors (Lipinski definition) is 0. The van der Waals surface area contributed by atoms with E-state index in [4.69, 9.17) is 0 Å². The van der Waals surface area contributed by atoms with E-state index in [1.165, 1.54) is 32.7 Å². The van der Waals surface area contributed by atoms with Gasteiger partial charge < -0.3 is 9.80 Å². The molecule has 0 atom stereocenters. The van der Waals surface area contributed by atoms with E-state index in [0.29, 0.717) is 0 Å². The van der Waals surface area contributed by atoms with Crippen LogP contribution in [-0.2, 0) is 0 Å². The van der Waals surface area contributed by atoms with E-state index in [2.05, 4.69) is 16.3 Å². The number of hydrogen-bond acceptors (Lipinski definition) is 2. The van der Waals surface area contributed by atoms with Crippen molar-refractivity contribution in [2.45, 2.75) is 0 Å². The summed E-state index contributed by atoms with van der Waals surface area (Å²) in [7, 11) is 0. The van der Waals surface area contributed by atoms with Gasteiger partial charge in [-0.25, -0.2) is 0 Å². The number of fused-ring (bicyclic) bond motifs is 3. The van der Waals surface area contributed by atoms with Gasteiger partial charge in [0.15, 0.2) is 0 Å². The Balaban J connectivity index is 0.000000405. The Morgan fingerprint density at radius 1 is 1.00 bits per heavy atom. The predicted molar refractivity (Wildman–Crippen MR) is 39.6 cm³/mol. The van der Waals surface area contributed by atoms with Gasteiger partial charge >= 0.3 is 29.6 Å². The molecule has 54 valence electrons. The van der Waals surface area contributed by atoms with Crippen LogP contribution in [0.5, 0.6) is 0 Å². The number of halogens is 1. The van der Waals surface area contributed by atoms with Crippen LogP contribution in [0.3, 0.4) is 0 Å². The average molecular weight is 171 g/mol. The molecule has 0 radical (unpaired) electrons. The molecule has 0 aromatic carbocycles. The van der Waals surface area contributed by atoms with Crippen LogP contribution in [0.1, 0.15) is 0 Å². The zero-order valence-electron chi connectivity index (χ0n) is 6.42. The Kier molecular flexibility index (Phi) is 5.56. The first kappa shape index (κ1) is 11.2. The summed E-state index contributed by atoms with van der Waals surface area (Å²) in [5.41, 5.74) is 0. The number of piperazine rings is 3. The largest absolute Gasteiger partial charge is 1.00 e. The molecule has 4 heteroatoms. The molecule has 3 aliphatic heterocycles. The zero-order valence-corrected chi connectivity index (χ0v) is 9.23. The summed E-state index contributed by atoms with van der Waals surface area (Å²) >= 11 is 0. The van der Waals surface area contributed by atoms with Crippen LogP contribution in [-0.4, -0.2) is 42.5 Å². The van der Waals surface area contributed by atoms with Gasteiger partial charge in [0.05, 0.1) is 0 Å². The molecule has 2 bridgehead atoms. The van der Waals surface area contributed by atoms with Gasteiger partial charge in [-0.05, 0) is 13.1 Å². The fraction of sp³-hybridized carbons (Fsp3) is 0.833. The van der Waals surface area contributed by atoms with Gasteiger partial charge in [0.25, 0.3) is 0 Å². The zero-order chi connectivity index (χ0) is 5.40. The molecule has 0 aliphatic carbocycles. The standard InChI is InChI=1S/C6H11N2.ClH.Na/c1-2-8-5-3-7(1)4-6-8;;/h1H,2-6H2;1H;/q-1;;+1. The summed E-state index contributed by atoms with van der Waals surface area (Å²) in [6.07, 6.45) is 0. The first-order valence-corrected chi connectivity index (χ1v) is 3.25.